The molecular weight excluding hydrogens is 362 g/mol. The van der Waals surface area contributed by atoms with E-state index in [1.807, 2.05) is 11.0 Å². The Morgan fingerprint density at radius 3 is 2.48 bits per heavy atom. The maximum Gasteiger partial charge on any atom is 0.254 e. The smallest absolute Gasteiger partial charge is 0.254 e. The first-order valence-electron chi connectivity index (χ1n) is 11.1. The largest absolute Gasteiger partial charge is 0.439 e. The van der Waals surface area contributed by atoms with Crippen LogP contribution in [0.5, 0.6) is 11.6 Å². The van der Waals surface area contributed by atoms with Crippen LogP contribution in [0.3, 0.4) is 0 Å². The Morgan fingerprint density at radius 1 is 0.931 bits per heavy atom. The first kappa shape index (κ1) is 18.6. The zero-order chi connectivity index (χ0) is 19.6. The number of likely N-dealkylation sites (tertiary alicyclic amines) is 1. The molecule has 2 aromatic rings. The van der Waals surface area contributed by atoms with Gasteiger partial charge in [0.1, 0.15) is 5.75 Å². The molecule has 0 spiro atoms. The topological polar surface area (TPSA) is 45.7 Å². The van der Waals surface area contributed by atoms with E-state index in [1.165, 1.54) is 36.9 Å². The Kier molecular flexibility index (Phi) is 5.23. The van der Waals surface area contributed by atoms with Crippen LogP contribution in [0.15, 0.2) is 36.5 Å². The Hall–Kier alpha value is -2.40. The number of hydrogen-bond acceptors (Lipinski definition) is 4. The number of carbonyl (C=O) groups is 1. The van der Waals surface area contributed by atoms with Crippen molar-refractivity contribution in [2.45, 2.75) is 51.0 Å². The van der Waals surface area contributed by atoms with Gasteiger partial charge in [0.25, 0.3) is 5.91 Å². The van der Waals surface area contributed by atoms with Crippen LogP contribution in [0, 0.1) is 0 Å². The molecule has 1 amide bonds. The van der Waals surface area contributed by atoms with E-state index in [-0.39, 0.29) is 5.91 Å². The number of carbonyl (C=O) groups excluding carboxylic acids is 1. The van der Waals surface area contributed by atoms with Crippen molar-refractivity contribution < 1.29 is 9.53 Å². The maximum absolute atomic E-state index is 12.6. The van der Waals surface area contributed by atoms with Crippen molar-refractivity contribution >= 4 is 5.91 Å². The van der Waals surface area contributed by atoms with Gasteiger partial charge in [0.15, 0.2) is 0 Å². The van der Waals surface area contributed by atoms with Gasteiger partial charge < -0.3 is 9.64 Å². The summed E-state index contributed by atoms with van der Waals surface area (Å²) in [6, 6.07) is 10.8. The van der Waals surface area contributed by atoms with E-state index in [1.54, 1.807) is 18.3 Å². The van der Waals surface area contributed by atoms with Gasteiger partial charge >= 0.3 is 0 Å². The number of aromatic nitrogens is 1. The molecule has 1 aliphatic carbocycles. The zero-order valence-electron chi connectivity index (χ0n) is 17.0. The highest BCUT2D eigenvalue weighted by Gasteiger charge is 2.26. The van der Waals surface area contributed by atoms with Crippen molar-refractivity contribution in [3.63, 3.8) is 0 Å². The molecule has 5 nitrogen and oxygen atoms in total. The third kappa shape index (κ3) is 4.01. The molecule has 3 heterocycles. The molecule has 0 bridgehead atoms. The third-order valence-corrected chi connectivity index (χ3v) is 6.70. The fourth-order valence-corrected chi connectivity index (χ4v) is 4.72. The number of hydrogen-bond donors (Lipinski definition) is 0. The molecule has 1 aromatic heterocycles. The van der Waals surface area contributed by atoms with Gasteiger partial charge in [-0.25, -0.2) is 4.98 Å². The summed E-state index contributed by atoms with van der Waals surface area (Å²) >= 11 is 0. The lowest BCUT2D eigenvalue weighted by atomic mass is 9.91. The van der Waals surface area contributed by atoms with Crippen LogP contribution in [0.1, 0.15) is 53.6 Å². The molecule has 0 atom stereocenters. The zero-order valence-corrected chi connectivity index (χ0v) is 17.0. The fraction of sp³-hybridized carbons (Fsp3) is 0.500. The first-order chi connectivity index (χ1) is 14.3. The molecular formula is C24H29N3O2. The lowest BCUT2D eigenvalue weighted by molar-refractivity contribution is 0.0792. The Bertz CT molecular complexity index is 887. The average Bonchev–Trinajstić information content (AvgIpc) is 3.16. The third-order valence-electron chi connectivity index (χ3n) is 6.70. The molecule has 2 aliphatic heterocycles. The molecule has 1 saturated carbocycles. The molecule has 0 radical (unpaired) electrons. The summed E-state index contributed by atoms with van der Waals surface area (Å²) in [5.41, 5.74) is 3.47. The van der Waals surface area contributed by atoms with Crippen molar-refractivity contribution in [3.8, 4) is 11.6 Å². The minimum atomic E-state index is 0.0766. The molecule has 1 aromatic carbocycles. The number of ether oxygens (including phenoxy) is 1. The van der Waals surface area contributed by atoms with Crippen molar-refractivity contribution in [3.05, 3.63) is 53.2 Å². The van der Waals surface area contributed by atoms with E-state index >= 15 is 0 Å². The molecule has 5 heteroatoms. The Labute approximate surface area is 172 Å². The van der Waals surface area contributed by atoms with Crippen molar-refractivity contribution in [2.75, 3.05) is 26.2 Å². The van der Waals surface area contributed by atoms with Crippen LogP contribution in [-0.2, 0) is 12.8 Å². The van der Waals surface area contributed by atoms with Gasteiger partial charge in [-0.2, -0.15) is 0 Å². The highest BCUT2D eigenvalue weighted by atomic mass is 16.5. The molecule has 5 rings (SSSR count). The quantitative estimate of drug-likeness (QED) is 0.788. The van der Waals surface area contributed by atoms with E-state index in [4.69, 9.17) is 4.74 Å². The standard InChI is InChI=1S/C24H29N3O2/c28-24(27-12-1-2-13-27)20-8-11-25-23(17-20)29-22-7-6-18-9-14-26(21-4-3-5-21)15-10-19(18)16-22/h6-8,11,16-17,21H,1-5,9-10,12-15H2. The fourth-order valence-electron chi connectivity index (χ4n) is 4.72. The highest BCUT2D eigenvalue weighted by Crippen LogP contribution is 2.30. The van der Waals surface area contributed by atoms with E-state index in [9.17, 15) is 4.79 Å². The number of pyridine rings is 1. The van der Waals surface area contributed by atoms with E-state index in [2.05, 4.69) is 22.0 Å². The number of benzene rings is 1. The lowest BCUT2D eigenvalue weighted by Crippen LogP contribution is -2.41. The summed E-state index contributed by atoms with van der Waals surface area (Å²) < 4.78 is 6.05. The van der Waals surface area contributed by atoms with Gasteiger partial charge in [-0.1, -0.05) is 12.5 Å². The normalized spacial score (nSPS) is 20.1. The van der Waals surface area contributed by atoms with Gasteiger partial charge in [-0.05, 0) is 67.9 Å². The predicted molar refractivity (Wildman–Crippen MR) is 113 cm³/mol. The van der Waals surface area contributed by atoms with E-state index in [0.717, 1.165) is 57.1 Å². The van der Waals surface area contributed by atoms with E-state index in [0.29, 0.717) is 11.4 Å². The average molecular weight is 392 g/mol. The number of fused-ring (bicyclic) bond motifs is 1. The van der Waals surface area contributed by atoms with Crippen LogP contribution >= 0.6 is 0 Å². The van der Waals surface area contributed by atoms with E-state index < -0.39 is 0 Å². The van der Waals surface area contributed by atoms with Crippen LogP contribution in [0.2, 0.25) is 0 Å². The second kappa shape index (κ2) is 8.15. The van der Waals surface area contributed by atoms with Gasteiger partial charge in [-0.15, -0.1) is 0 Å². The Morgan fingerprint density at radius 2 is 1.72 bits per heavy atom. The minimum Gasteiger partial charge on any atom is -0.439 e. The number of amides is 1. The molecule has 29 heavy (non-hydrogen) atoms. The first-order valence-corrected chi connectivity index (χ1v) is 11.1. The molecule has 3 aliphatic rings. The number of nitrogens with zero attached hydrogens (tertiary/aromatic N) is 3. The molecule has 0 unspecified atom stereocenters. The molecule has 152 valence electrons. The summed E-state index contributed by atoms with van der Waals surface area (Å²) in [7, 11) is 0. The highest BCUT2D eigenvalue weighted by molar-refractivity contribution is 5.94. The minimum absolute atomic E-state index is 0.0766. The predicted octanol–water partition coefficient (Wildman–Crippen LogP) is 4.06. The summed E-state index contributed by atoms with van der Waals surface area (Å²) in [6.45, 7) is 4.00. The summed E-state index contributed by atoms with van der Waals surface area (Å²) in [5, 5.41) is 0. The van der Waals surface area contributed by atoms with Crippen LogP contribution in [0.4, 0.5) is 0 Å². The summed E-state index contributed by atoms with van der Waals surface area (Å²) in [6.07, 6.45) is 10.2. The maximum atomic E-state index is 12.6. The van der Waals surface area contributed by atoms with Crippen molar-refractivity contribution in [1.29, 1.82) is 0 Å². The molecule has 2 fully saturated rings. The molecule has 1 saturated heterocycles. The number of rotatable bonds is 4. The second-order valence-corrected chi connectivity index (χ2v) is 8.54. The lowest BCUT2D eigenvalue weighted by Gasteiger charge is -2.36. The van der Waals surface area contributed by atoms with Gasteiger partial charge in [0, 0.05) is 50.0 Å². The Balaban J connectivity index is 1.28. The SMILES string of the molecule is O=C(c1ccnc(Oc2ccc3c(c2)CCN(C2CCC2)CC3)c1)N1CCCC1. The van der Waals surface area contributed by atoms with Crippen molar-refractivity contribution in [1.82, 2.24) is 14.8 Å². The summed E-state index contributed by atoms with van der Waals surface area (Å²) in [4.78, 5) is 21.5. The van der Waals surface area contributed by atoms with Gasteiger partial charge in [0.05, 0.1) is 0 Å². The van der Waals surface area contributed by atoms with Crippen molar-refractivity contribution in [2.24, 2.45) is 0 Å². The summed E-state index contributed by atoms with van der Waals surface area (Å²) in [5.74, 6) is 1.37. The van der Waals surface area contributed by atoms with Crippen LogP contribution in [-0.4, -0.2) is 52.9 Å². The monoisotopic (exact) mass is 391 g/mol. The second-order valence-electron chi connectivity index (χ2n) is 8.54. The van der Waals surface area contributed by atoms with Crippen LogP contribution in [0.25, 0.3) is 0 Å². The van der Waals surface area contributed by atoms with Gasteiger partial charge in [-0.3, -0.25) is 9.69 Å². The van der Waals surface area contributed by atoms with Gasteiger partial charge in [0.2, 0.25) is 5.88 Å². The molecule has 0 N–H and O–H groups in total. The van der Waals surface area contributed by atoms with Crippen LogP contribution < -0.4 is 4.74 Å².